The molecule has 6 rings (SSSR count). The van der Waals surface area contributed by atoms with E-state index in [1.54, 1.807) is 15.9 Å². The first kappa shape index (κ1) is 22.3. The third kappa shape index (κ3) is 4.02. The van der Waals surface area contributed by atoms with E-state index in [9.17, 15) is 15.3 Å². The lowest BCUT2D eigenvalue weighted by molar-refractivity contribution is -0.0511. The first-order valence-electron chi connectivity index (χ1n) is 11.4. The predicted molar refractivity (Wildman–Crippen MR) is 130 cm³/mol. The van der Waals surface area contributed by atoms with Crippen molar-refractivity contribution in [3.63, 3.8) is 0 Å². The molecule has 6 heterocycles. The van der Waals surface area contributed by atoms with Gasteiger partial charge in [0.2, 0.25) is 0 Å². The van der Waals surface area contributed by atoms with E-state index >= 15 is 0 Å². The molecule has 4 aromatic heterocycles. The molecule has 1 unspecified atom stereocenters. The van der Waals surface area contributed by atoms with Crippen molar-refractivity contribution in [2.45, 2.75) is 37.0 Å². The molecule has 2 aliphatic heterocycles. The quantitative estimate of drug-likeness (QED) is 0.309. The second-order valence-corrected chi connectivity index (χ2v) is 9.68. The largest absolute Gasteiger partial charge is 0.394 e. The number of aromatic nitrogens is 5. The monoisotopic (exact) mass is 495 g/mol. The molecule has 5 atom stereocenters. The lowest BCUT2D eigenvalue weighted by atomic mass is 10.1. The maximum absolute atomic E-state index is 10.4. The van der Waals surface area contributed by atoms with Crippen LogP contribution in [0.25, 0.3) is 21.6 Å². The smallest absolute Gasteiger partial charge is 0.167 e. The fourth-order valence-electron chi connectivity index (χ4n) is 4.69. The van der Waals surface area contributed by atoms with Crippen LogP contribution in [-0.2, 0) is 4.74 Å². The fourth-order valence-corrected chi connectivity index (χ4v) is 5.41. The number of aliphatic hydroxyl groups is 3. The van der Waals surface area contributed by atoms with Gasteiger partial charge in [0.1, 0.15) is 30.5 Å². The topological polar surface area (TPSA) is 142 Å². The Kier molecular flexibility index (Phi) is 5.82. The minimum Gasteiger partial charge on any atom is -0.394 e. The Bertz CT molecular complexity index is 1300. The molecule has 2 fully saturated rings. The summed E-state index contributed by atoms with van der Waals surface area (Å²) in [5, 5.41) is 35.4. The Hall–Kier alpha value is -3.16. The normalized spacial score (nSPS) is 26.6. The molecule has 35 heavy (non-hydrogen) atoms. The molecule has 0 radical (unpaired) electrons. The number of hydrogen-bond acceptors (Lipinski definition) is 11. The van der Waals surface area contributed by atoms with Gasteiger partial charge in [-0.3, -0.25) is 4.57 Å². The number of nitrogens with zero attached hydrogens (tertiary/aromatic N) is 6. The van der Waals surface area contributed by atoms with Crippen molar-refractivity contribution in [2.75, 3.05) is 29.9 Å². The molecule has 12 heteroatoms. The van der Waals surface area contributed by atoms with Crippen molar-refractivity contribution in [2.24, 2.45) is 0 Å². The second kappa shape index (κ2) is 9.13. The Balaban J connectivity index is 1.17. The molecule has 0 amide bonds. The van der Waals surface area contributed by atoms with Crippen LogP contribution >= 0.6 is 11.3 Å². The zero-order valence-corrected chi connectivity index (χ0v) is 19.5. The lowest BCUT2D eigenvalue weighted by Crippen LogP contribution is -2.33. The number of pyridine rings is 1. The highest BCUT2D eigenvalue weighted by Gasteiger charge is 2.44. The zero-order chi connectivity index (χ0) is 23.9. The molecular formula is C23H25N7O4S. The van der Waals surface area contributed by atoms with Crippen LogP contribution in [0.4, 0.5) is 11.6 Å². The lowest BCUT2D eigenvalue weighted by Gasteiger charge is -2.19. The zero-order valence-electron chi connectivity index (χ0n) is 18.7. The number of nitrogens with one attached hydrogen (secondary N) is 1. The molecular weight excluding hydrogens is 470 g/mol. The maximum Gasteiger partial charge on any atom is 0.167 e. The third-order valence-corrected chi connectivity index (χ3v) is 7.48. The summed E-state index contributed by atoms with van der Waals surface area (Å²) < 4.78 is 7.20. The van der Waals surface area contributed by atoms with Crippen LogP contribution in [0, 0.1) is 0 Å². The number of imidazole rings is 1. The van der Waals surface area contributed by atoms with E-state index in [4.69, 9.17) is 4.74 Å². The fraction of sp³-hybridized carbons (Fsp3) is 0.391. The summed E-state index contributed by atoms with van der Waals surface area (Å²) in [4.78, 5) is 21.3. The summed E-state index contributed by atoms with van der Waals surface area (Å²) in [6.45, 7) is 1.24. The van der Waals surface area contributed by atoms with Gasteiger partial charge in [-0.05, 0) is 30.0 Å². The number of anilines is 2. The molecule has 182 valence electrons. The van der Waals surface area contributed by atoms with Gasteiger partial charge in [-0.25, -0.2) is 19.9 Å². The van der Waals surface area contributed by atoms with E-state index in [-0.39, 0.29) is 6.04 Å². The summed E-state index contributed by atoms with van der Waals surface area (Å²) in [7, 11) is 0. The molecule has 0 aliphatic carbocycles. The molecule has 11 nitrogen and oxygen atoms in total. The minimum absolute atomic E-state index is 0.144. The standard InChI is InChI=1S/C23H25N7O4S/c31-10-15-19(32)20(33)23(34-15)30-12-27-18-21(25-11-26-22(18)30)28-14-5-6-29(9-14)17-4-3-13(8-24-17)16-2-1-7-35-16/h1-4,7-8,11-12,14-15,19-20,23,31-33H,5-6,9-10H2,(H,25,26,28)/t14-,15?,19+,20+,23+/m0/s1. The Morgan fingerprint density at radius 1 is 1.11 bits per heavy atom. The molecule has 0 bridgehead atoms. The van der Waals surface area contributed by atoms with Crippen molar-refractivity contribution in [3.05, 3.63) is 48.5 Å². The molecule has 0 spiro atoms. The first-order valence-corrected chi connectivity index (χ1v) is 12.3. The highest BCUT2D eigenvalue weighted by Crippen LogP contribution is 2.32. The van der Waals surface area contributed by atoms with Crippen molar-refractivity contribution in [1.82, 2.24) is 24.5 Å². The molecule has 4 aromatic rings. The van der Waals surface area contributed by atoms with Gasteiger partial charge in [0, 0.05) is 35.8 Å². The van der Waals surface area contributed by atoms with Crippen LogP contribution < -0.4 is 10.2 Å². The average molecular weight is 496 g/mol. The predicted octanol–water partition coefficient (Wildman–Crippen LogP) is 1.25. The molecule has 2 saturated heterocycles. The number of hydrogen-bond donors (Lipinski definition) is 4. The van der Waals surface area contributed by atoms with Crippen molar-refractivity contribution in [1.29, 1.82) is 0 Å². The van der Waals surface area contributed by atoms with Gasteiger partial charge in [0.15, 0.2) is 23.2 Å². The Morgan fingerprint density at radius 3 is 2.77 bits per heavy atom. The Morgan fingerprint density at radius 2 is 2.03 bits per heavy atom. The SMILES string of the molecule is OCC1O[C@@H](n2cnc3c(N[C@H]4CCN(c5ccc(-c6cccs6)cn5)C4)ncnc32)[C@H](O)[C@@H]1O. The third-order valence-electron chi connectivity index (χ3n) is 6.56. The van der Waals surface area contributed by atoms with Gasteiger partial charge in [-0.1, -0.05) is 6.07 Å². The summed E-state index contributed by atoms with van der Waals surface area (Å²) in [6.07, 6.45) is 1.59. The number of rotatable bonds is 6. The van der Waals surface area contributed by atoms with E-state index in [1.807, 2.05) is 12.3 Å². The summed E-state index contributed by atoms with van der Waals surface area (Å²) in [6, 6.07) is 8.44. The first-order chi connectivity index (χ1) is 17.1. The van der Waals surface area contributed by atoms with Crippen molar-refractivity contribution >= 4 is 34.1 Å². The van der Waals surface area contributed by atoms with E-state index in [0.29, 0.717) is 17.0 Å². The van der Waals surface area contributed by atoms with E-state index in [1.165, 1.54) is 17.5 Å². The second-order valence-electron chi connectivity index (χ2n) is 8.73. The van der Waals surface area contributed by atoms with Crippen LogP contribution in [0.5, 0.6) is 0 Å². The van der Waals surface area contributed by atoms with Crippen LogP contribution in [0.1, 0.15) is 12.6 Å². The minimum atomic E-state index is -1.21. The van der Waals surface area contributed by atoms with Crippen LogP contribution in [0.2, 0.25) is 0 Å². The molecule has 0 saturated carbocycles. The molecule has 0 aromatic carbocycles. The van der Waals surface area contributed by atoms with E-state index in [2.05, 4.69) is 53.7 Å². The van der Waals surface area contributed by atoms with Gasteiger partial charge < -0.3 is 30.3 Å². The maximum atomic E-state index is 10.4. The highest BCUT2D eigenvalue weighted by atomic mass is 32.1. The number of fused-ring (bicyclic) bond motifs is 1. The van der Waals surface area contributed by atoms with Gasteiger partial charge in [-0.15, -0.1) is 11.3 Å². The Labute approximate surface area is 204 Å². The molecule has 4 N–H and O–H groups in total. The summed E-state index contributed by atoms with van der Waals surface area (Å²) in [5.74, 6) is 1.53. The summed E-state index contributed by atoms with van der Waals surface area (Å²) >= 11 is 1.70. The highest BCUT2D eigenvalue weighted by molar-refractivity contribution is 7.13. The van der Waals surface area contributed by atoms with Crippen LogP contribution in [0.3, 0.4) is 0 Å². The number of aliphatic hydroxyl groups excluding tert-OH is 3. The van der Waals surface area contributed by atoms with Gasteiger partial charge >= 0.3 is 0 Å². The van der Waals surface area contributed by atoms with E-state index < -0.39 is 31.1 Å². The van der Waals surface area contributed by atoms with E-state index in [0.717, 1.165) is 30.9 Å². The average Bonchev–Trinajstić information content (AvgIpc) is 3.68. The van der Waals surface area contributed by atoms with Gasteiger partial charge in [-0.2, -0.15) is 0 Å². The van der Waals surface area contributed by atoms with Crippen LogP contribution in [-0.4, -0.2) is 83.9 Å². The number of ether oxygens (including phenoxy) is 1. The summed E-state index contributed by atoms with van der Waals surface area (Å²) in [5.41, 5.74) is 2.13. The van der Waals surface area contributed by atoms with Gasteiger partial charge in [0.25, 0.3) is 0 Å². The van der Waals surface area contributed by atoms with Gasteiger partial charge in [0.05, 0.1) is 12.9 Å². The van der Waals surface area contributed by atoms with Crippen molar-refractivity contribution in [3.8, 4) is 10.4 Å². The molecule has 2 aliphatic rings. The van der Waals surface area contributed by atoms with Crippen LogP contribution in [0.15, 0.2) is 48.5 Å². The van der Waals surface area contributed by atoms with Crippen molar-refractivity contribution < 1.29 is 20.1 Å². The number of thiophene rings is 1.